The van der Waals surface area contributed by atoms with Crippen LogP contribution in [0.2, 0.25) is 0 Å². The number of imidazole rings is 1. The number of carbonyl (C=O) groups excluding carboxylic acids is 1. The smallest absolute Gasteiger partial charge is 0.415 e. The molecule has 3 heterocycles. The highest BCUT2D eigenvalue weighted by molar-refractivity contribution is 7.99. The van der Waals surface area contributed by atoms with Crippen LogP contribution in [0.25, 0.3) is 0 Å². The lowest BCUT2D eigenvalue weighted by Crippen LogP contribution is -2.41. The standard InChI is InChI=1S/C21H25N7O4S2/c1-26-12-9-22-19(26)33-13-8-15-2-4-16(5-3-15)32-21(31)27-10-6-17(7-11-27)34-20-23-24-25-28(20)14-18(29)30/h2-5,9,12,17H,6-8,10-11,13-14H2,1H3,(H,29,30). The number of carboxylic acids is 1. The second kappa shape index (κ2) is 11.4. The van der Waals surface area contributed by atoms with Gasteiger partial charge < -0.3 is 19.3 Å². The number of thioether (sulfide) groups is 2. The van der Waals surface area contributed by atoms with Gasteiger partial charge in [-0.3, -0.25) is 4.79 Å². The normalized spacial score (nSPS) is 14.3. The minimum absolute atomic E-state index is 0.200. The van der Waals surface area contributed by atoms with E-state index in [-0.39, 0.29) is 17.9 Å². The van der Waals surface area contributed by atoms with Crippen molar-refractivity contribution in [3.05, 3.63) is 42.2 Å². The number of aliphatic carboxylic acids is 1. The summed E-state index contributed by atoms with van der Waals surface area (Å²) < 4.78 is 8.82. The summed E-state index contributed by atoms with van der Waals surface area (Å²) in [6, 6.07) is 7.60. The summed E-state index contributed by atoms with van der Waals surface area (Å²) in [6.07, 6.45) is 5.74. The van der Waals surface area contributed by atoms with Gasteiger partial charge in [0, 0.05) is 43.5 Å². The van der Waals surface area contributed by atoms with Crippen LogP contribution >= 0.6 is 23.5 Å². The number of aromatic nitrogens is 6. The average molecular weight is 504 g/mol. The van der Waals surface area contributed by atoms with Crippen molar-refractivity contribution in [2.24, 2.45) is 7.05 Å². The number of amides is 1. The first-order valence-electron chi connectivity index (χ1n) is 10.8. The van der Waals surface area contributed by atoms with E-state index in [0.29, 0.717) is 24.0 Å². The molecule has 3 aromatic rings. The zero-order chi connectivity index (χ0) is 23.9. The summed E-state index contributed by atoms with van der Waals surface area (Å²) in [6.45, 7) is 0.835. The maximum absolute atomic E-state index is 12.6. The van der Waals surface area contributed by atoms with Crippen LogP contribution in [0.5, 0.6) is 5.75 Å². The molecular weight excluding hydrogens is 478 g/mol. The van der Waals surface area contributed by atoms with Crippen molar-refractivity contribution in [3.8, 4) is 5.75 Å². The number of piperidine rings is 1. The molecule has 0 saturated carbocycles. The highest BCUT2D eigenvalue weighted by atomic mass is 32.2. The Morgan fingerprint density at radius 2 is 1.94 bits per heavy atom. The largest absolute Gasteiger partial charge is 0.480 e. The molecule has 34 heavy (non-hydrogen) atoms. The molecule has 1 aliphatic rings. The third kappa shape index (κ3) is 6.50. The summed E-state index contributed by atoms with van der Waals surface area (Å²) in [4.78, 5) is 29.5. The summed E-state index contributed by atoms with van der Waals surface area (Å²) >= 11 is 3.15. The first-order chi connectivity index (χ1) is 16.5. The van der Waals surface area contributed by atoms with Crippen molar-refractivity contribution in [2.45, 2.75) is 41.4 Å². The number of tetrazole rings is 1. The SMILES string of the molecule is Cn1ccnc1SCCc1ccc(OC(=O)N2CCC(Sc3nnnn3CC(=O)O)CC2)cc1. The van der Waals surface area contributed by atoms with E-state index in [0.717, 1.165) is 30.2 Å². The molecule has 2 aromatic heterocycles. The lowest BCUT2D eigenvalue weighted by atomic mass is 10.1. The van der Waals surface area contributed by atoms with Gasteiger partial charge in [0.25, 0.3) is 0 Å². The number of hydrogen-bond donors (Lipinski definition) is 1. The van der Waals surface area contributed by atoms with Gasteiger partial charge in [0.1, 0.15) is 12.3 Å². The maximum atomic E-state index is 12.6. The third-order valence-electron chi connectivity index (χ3n) is 5.28. The van der Waals surface area contributed by atoms with Crippen LogP contribution in [0.1, 0.15) is 18.4 Å². The molecule has 0 radical (unpaired) electrons. The number of nitrogens with zero attached hydrogens (tertiary/aromatic N) is 7. The fourth-order valence-electron chi connectivity index (χ4n) is 3.45. The number of carbonyl (C=O) groups is 2. The molecule has 0 atom stereocenters. The second-order valence-electron chi connectivity index (χ2n) is 7.75. The van der Waals surface area contributed by atoms with Gasteiger partial charge in [-0.15, -0.1) is 5.10 Å². The monoisotopic (exact) mass is 503 g/mol. The zero-order valence-electron chi connectivity index (χ0n) is 18.6. The molecule has 1 aromatic carbocycles. The van der Waals surface area contributed by atoms with Crippen molar-refractivity contribution in [2.75, 3.05) is 18.8 Å². The molecule has 13 heteroatoms. The van der Waals surface area contributed by atoms with Crippen LogP contribution in [0.15, 0.2) is 47.0 Å². The number of benzene rings is 1. The van der Waals surface area contributed by atoms with Crippen molar-refractivity contribution in [1.29, 1.82) is 0 Å². The summed E-state index contributed by atoms with van der Waals surface area (Å²) in [5.74, 6) is 0.442. The highest BCUT2D eigenvalue weighted by Gasteiger charge is 2.26. The Morgan fingerprint density at radius 1 is 1.18 bits per heavy atom. The fourth-order valence-corrected chi connectivity index (χ4v) is 5.43. The predicted molar refractivity (Wildman–Crippen MR) is 126 cm³/mol. The van der Waals surface area contributed by atoms with Crippen molar-refractivity contribution in [1.82, 2.24) is 34.7 Å². The van der Waals surface area contributed by atoms with E-state index in [1.54, 1.807) is 22.9 Å². The Bertz CT molecular complexity index is 1110. The lowest BCUT2D eigenvalue weighted by Gasteiger charge is -2.30. The van der Waals surface area contributed by atoms with Crippen LogP contribution < -0.4 is 4.74 Å². The molecule has 0 bridgehead atoms. The molecule has 1 amide bonds. The Hall–Kier alpha value is -3.06. The third-order valence-corrected chi connectivity index (χ3v) is 7.65. The first-order valence-corrected chi connectivity index (χ1v) is 12.6. The summed E-state index contributed by atoms with van der Waals surface area (Å²) in [5, 5.41) is 21.8. The molecule has 1 fully saturated rings. The minimum Gasteiger partial charge on any atom is -0.480 e. The molecule has 11 nitrogen and oxygen atoms in total. The average Bonchev–Trinajstić information content (AvgIpc) is 3.43. The van der Waals surface area contributed by atoms with Gasteiger partial charge in [0.05, 0.1) is 0 Å². The first kappa shape index (κ1) is 24.1. The van der Waals surface area contributed by atoms with E-state index in [4.69, 9.17) is 9.84 Å². The number of likely N-dealkylation sites (tertiary alicyclic amines) is 1. The lowest BCUT2D eigenvalue weighted by molar-refractivity contribution is -0.138. The van der Waals surface area contributed by atoms with Gasteiger partial charge >= 0.3 is 12.1 Å². The van der Waals surface area contributed by atoms with E-state index in [1.165, 1.54) is 22.0 Å². The van der Waals surface area contributed by atoms with Crippen LogP contribution in [0.3, 0.4) is 0 Å². The Morgan fingerprint density at radius 3 is 2.62 bits per heavy atom. The molecule has 1 N–H and O–H groups in total. The second-order valence-corrected chi connectivity index (χ2v) is 10.1. The van der Waals surface area contributed by atoms with Gasteiger partial charge in [-0.05, 0) is 47.4 Å². The van der Waals surface area contributed by atoms with E-state index < -0.39 is 5.97 Å². The number of aryl methyl sites for hydroxylation is 2. The molecule has 0 aliphatic carbocycles. The molecule has 1 aliphatic heterocycles. The van der Waals surface area contributed by atoms with E-state index in [9.17, 15) is 9.59 Å². The highest BCUT2D eigenvalue weighted by Crippen LogP contribution is 2.29. The van der Waals surface area contributed by atoms with Crippen molar-refractivity contribution < 1.29 is 19.4 Å². The van der Waals surface area contributed by atoms with Gasteiger partial charge in [-0.1, -0.05) is 35.7 Å². The van der Waals surface area contributed by atoms with Crippen LogP contribution in [-0.2, 0) is 24.8 Å². The van der Waals surface area contributed by atoms with Gasteiger partial charge in [0.15, 0.2) is 5.16 Å². The molecule has 0 spiro atoms. The van der Waals surface area contributed by atoms with Gasteiger partial charge in [-0.2, -0.15) is 0 Å². The Labute approximate surface area is 204 Å². The molecule has 0 unspecified atom stereocenters. The van der Waals surface area contributed by atoms with Gasteiger partial charge in [-0.25, -0.2) is 14.5 Å². The van der Waals surface area contributed by atoms with E-state index in [1.807, 2.05) is 42.1 Å². The summed E-state index contributed by atoms with van der Waals surface area (Å²) in [5.41, 5.74) is 1.17. The summed E-state index contributed by atoms with van der Waals surface area (Å²) in [7, 11) is 1.98. The number of ether oxygens (including phenoxy) is 1. The number of rotatable bonds is 9. The van der Waals surface area contributed by atoms with Crippen LogP contribution in [0.4, 0.5) is 4.79 Å². The minimum atomic E-state index is -0.997. The Balaban J connectivity index is 1.20. The van der Waals surface area contributed by atoms with Crippen molar-refractivity contribution in [3.63, 3.8) is 0 Å². The van der Waals surface area contributed by atoms with Crippen LogP contribution in [0, 0.1) is 0 Å². The quantitative estimate of drug-likeness (QED) is 0.435. The predicted octanol–water partition coefficient (Wildman–Crippen LogP) is 2.58. The molecule has 1 saturated heterocycles. The Kier molecular flexibility index (Phi) is 8.06. The zero-order valence-corrected chi connectivity index (χ0v) is 20.2. The van der Waals surface area contributed by atoms with Crippen molar-refractivity contribution >= 4 is 35.6 Å². The fraction of sp³-hybridized carbons (Fsp3) is 0.429. The maximum Gasteiger partial charge on any atom is 0.415 e. The number of hydrogen-bond acceptors (Lipinski definition) is 9. The van der Waals surface area contributed by atoms with E-state index >= 15 is 0 Å². The van der Waals surface area contributed by atoms with Crippen LogP contribution in [-0.4, -0.2) is 75.9 Å². The topological polar surface area (TPSA) is 128 Å². The van der Waals surface area contributed by atoms with E-state index in [2.05, 4.69) is 20.5 Å². The molecule has 180 valence electrons. The van der Waals surface area contributed by atoms with Gasteiger partial charge in [0.2, 0.25) is 5.16 Å². The molecule has 4 rings (SSSR count). The molecular formula is C21H25N7O4S2. The number of carboxylic acid groups (broad SMARTS) is 1.